The normalized spacial score (nSPS) is 13.0. The number of carbonyl (C=O) groups is 1. The second-order valence-electron chi connectivity index (χ2n) is 5.86. The van der Waals surface area contributed by atoms with E-state index in [0.29, 0.717) is 13.0 Å². The van der Waals surface area contributed by atoms with Gasteiger partial charge in [-0.15, -0.1) is 0 Å². The van der Waals surface area contributed by atoms with Gasteiger partial charge >= 0.3 is 5.97 Å². The number of aliphatic carboxylic acids is 1. The highest BCUT2D eigenvalue weighted by Crippen LogP contribution is 2.18. The van der Waals surface area contributed by atoms with Gasteiger partial charge in [-0.3, -0.25) is 4.79 Å². The van der Waals surface area contributed by atoms with Crippen LogP contribution in [0.4, 0.5) is 0 Å². The van der Waals surface area contributed by atoms with Gasteiger partial charge in [0, 0.05) is 12.6 Å². The molecule has 5 nitrogen and oxygen atoms in total. The van der Waals surface area contributed by atoms with Gasteiger partial charge in [0.15, 0.2) is 0 Å². The highest BCUT2D eigenvalue weighted by atomic mass is 16.4. The van der Waals surface area contributed by atoms with Gasteiger partial charge in [0.1, 0.15) is 6.04 Å². The molecule has 0 saturated heterocycles. The molecule has 21 heavy (non-hydrogen) atoms. The van der Waals surface area contributed by atoms with Crippen LogP contribution in [0.1, 0.15) is 31.4 Å². The van der Waals surface area contributed by atoms with E-state index in [2.05, 4.69) is 36.3 Å². The van der Waals surface area contributed by atoms with Crippen LogP contribution in [0.5, 0.6) is 0 Å². The van der Waals surface area contributed by atoms with Gasteiger partial charge in [-0.2, -0.15) is 0 Å². The molecule has 1 heterocycles. The summed E-state index contributed by atoms with van der Waals surface area (Å²) in [5.41, 5.74) is 4.46. The number of hydrogen-bond acceptors (Lipinski definition) is 3. The Morgan fingerprint density at radius 3 is 2.62 bits per heavy atom. The molecular formula is C16H23N3O2. The number of fused-ring (bicyclic) bond motifs is 1. The van der Waals surface area contributed by atoms with Crippen LogP contribution in [-0.4, -0.2) is 32.7 Å². The summed E-state index contributed by atoms with van der Waals surface area (Å²) in [6.07, 6.45) is 2.32. The van der Waals surface area contributed by atoms with Crippen LogP contribution in [-0.2, 0) is 11.3 Å². The smallest absolute Gasteiger partial charge is 0.320 e. The van der Waals surface area contributed by atoms with Crippen molar-refractivity contribution in [2.75, 3.05) is 0 Å². The number of aromatic nitrogens is 2. The molecule has 1 aromatic carbocycles. The quantitative estimate of drug-likeness (QED) is 0.857. The maximum Gasteiger partial charge on any atom is 0.320 e. The topological polar surface area (TPSA) is 67.2 Å². The van der Waals surface area contributed by atoms with E-state index in [1.807, 2.05) is 18.4 Å². The number of hydrogen-bond donors (Lipinski definition) is 2. The lowest BCUT2D eigenvalue weighted by atomic mass is 10.1. The predicted molar refractivity (Wildman–Crippen MR) is 83.5 cm³/mol. The second-order valence-corrected chi connectivity index (χ2v) is 5.86. The van der Waals surface area contributed by atoms with Crippen molar-refractivity contribution >= 4 is 17.0 Å². The van der Waals surface area contributed by atoms with E-state index >= 15 is 0 Å². The largest absolute Gasteiger partial charge is 0.480 e. The first-order valence-corrected chi connectivity index (χ1v) is 7.29. The molecule has 2 aromatic rings. The Kier molecular flexibility index (Phi) is 4.63. The van der Waals surface area contributed by atoms with E-state index in [1.54, 1.807) is 6.33 Å². The lowest BCUT2D eigenvalue weighted by molar-refractivity contribution is -0.139. The zero-order valence-corrected chi connectivity index (χ0v) is 13.1. The van der Waals surface area contributed by atoms with Gasteiger partial charge in [0.25, 0.3) is 0 Å². The van der Waals surface area contributed by atoms with Gasteiger partial charge in [0.05, 0.1) is 17.4 Å². The fraction of sp³-hybridized carbons (Fsp3) is 0.500. The minimum atomic E-state index is -0.805. The molecule has 1 atom stereocenters. The number of carboxylic acid groups (broad SMARTS) is 1. The van der Waals surface area contributed by atoms with E-state index < -0.39 is 12.0 Å². The number of nitrogens with zero attached hydrogens (tertiary/aromatic N) is 2. The first kappa shape index (κ1) is 15.5. The van der Waals surface area contributed by atoms with Gasteiger partial charge in [-0.05, 0) is 43.5 Å². The predicted octanol–water partition coefficient (Wildman–Crippen LogP) is 2.49. The maximum atomic E-state index is 11.3. The maximum absolute atomic E-state index is 11.3. The minimum Gasteiger partial charge on any atom is -0.480 e. The summed E-state index contributed by atoms with van der Waals surface area (Å²) in [6.45, 7) is 8.69. The Hall–Kier alpha value is -1.88. The van der Waals surface area contributed by atoms with Gasteiger partial charge in [-0.1, -0.05) is 13.8 Å². The van der Waals surface area contributed by atoms with Crippen LogP contribution in [0.25, 0.3) is 11.0 Å². The second kappa shape index (κ2) is 6.26. The third-order valence-corrected chi connectivity index (χ3v) is 3.73. The monoisotopic (exact) mass is 289 g/mol. The Labute approximate surface area is 125 Å². The van der Waals surface area contributed by atoms with Crippen LogP contribution in [0.3, 0.4) is 0 Å². The average Bonchev–Trinajstić information content (AvgIpc) is 2.77. The summed E-state index contributed by atoms with van der Waals surface area (Å²) >= 11 is 0. The van der Waals surface area contributed by atoms with Crippen LogP contribution >= 0.6 is 0 Å². The number of benzene rings is 1. The Morgan fingerprint density at radius 1 is 1.33 bits per heavy atom. The van der Waals surface area contributed by atoms with Crippen LogP contribution < -0.4 is 5.32 Å². The van der Waals surface area contributed by atoms with E-state index in [4.69, 9.17) is 0 Å². The molecule has 0 aliphatic heterocycles. The number of carboxylic acids is 1. The minimum absolute atomic E-state index is 0.149. The summed E-state index contributed by atoms with van der Waals surface area (Å²) < 4.78 is 2.03. The van der Waals surface area contributed by atoms with Crippen molar-refractivity contribution in [2.24, 2.45) is 0 Å². The van der Waals surface area contributed by atoms with Crippen LogP contribution in [0.2, 0.25) is 0 Å². The first-order valence-electron chi connectivity index (χ1n) is 7.29. The molecule has 0 aliphatic rings. The average molecular weight is 289 g/mol. The van der Waals surface area contributed by atoms with Crippen molar-refractivity contribution in [1.82, 2.24) is 14.9 Å². The fourth-order valence-corrected chi connectivity index (χ4v) is 2.44. The molecule has 0 saturated carbocycles. The first-order chi connectivity index (χ1) is 9.88. The molecule has 0 aliphatic carbocycles. The molecule has 5 heteroatoms. The van der Waals surface area contributed by atoms with Crippen molar-refractivity contribution in [3.8, 4) is 0 Å². The molecule has 2 rings (SSSR count). The molecule has 114 valence electrons. The molecule has 0 fully saturated rings. The van der Waals surface area contributed by atoms with Gasteiger partial charge in [-0.25, -0.2) is 4.98 Å². The zero-order chi connectivity index (χ0) is 15.6. The lowest BCUT2D eigenvalue weighted by Crippen LogP contribution is -2.41. The van der Waals surface area contributed by atoms with E-state index in [-0.39, 0.29) is 6.04 Å². The number of nitrogens with one attached hydrogen (secondary N) is 1. The SMILES string of the molecule is Cc1cc2ncn(CCC(NC(C)C)C(=O)O)c2cc1C. The molecular weight excluding hydrogens is 266 g/mol. The van der Waals surface area contributed by atoms with E-state index in [9.17, 15) is 9.90 Å². The third-order valence-electron chi connectivity index (χ3n) is 3.73. The summed E-state index contributed by atoms with van der Waals surface area (Å²) in [5, 5.41) is 12.3. The summed E-state index contributed by atoms with van der Waals surface area (Å²) in [5.74, 6) is -0.805. The molecule has 1 aromatic heterocycles. The standard InChI is InChI=1S/C16H23N3O2/c1-10(2)18-13(16(20)21)5-6-19-9-17-14-7-11(3)12(4)8-15(14)19/h7-10,13,18H,5-6H2,1-4H3,(H,20,21). The molecule has 2 N–H and O–H groups in total. The highest BCUT2D eigenvalue weighted by molar-refractivity contribution is 5.77. The van der Waals surface area contributed by atoms with Crippen LogP contribution in [0.15, 0.2) is 18.5 Å². The van der Waals surface area contributed by atoms with Crippen molar-refractivity contribution in [3.63, 3.8) is 0 Å². The highest BCUT2D eigenvalue weighted by Gasteiger charge is 2.18. The summed E-state index contributed by atoms with van der Waals surface area (Å²) in [6, 6.07) is 3.80. The van der Waals surface area contributed by atoms with E-state index in [1.165, 1.54) is 11.1 Å². The van der Waals surface area contributed by atoms with Gasteiger partial charge in [0.2, 0.25) is 0 Å². The Balaban J connectivity index is 2.16. The summed E-state index contributed by atoms with van der Waals surface area (Å²) in [7, 11) is 0. The Morgan fingerprint density at radius 2 is 2.00 bits per heavy atom. The molecule has 0 amide bonds. The Bertz CT molecular complexity index is 646. The lowest BCUT2D eigenvalue weighted by Gasteiger charge is -2.17. The number of aryl methyl sites for hydroxylation is 3. The van der Waals surface area contributed by atoms with Crippen molar-refractivity contribution in [1.29, 1.82) is 0 Å². The summed E-state index contributed by atoms with van der Waals surface area (Å²) in [4.78, 5) is 15.7. The molecule has 0 radical (unpaired) electrons. The molecule has 0 spiro atoms. The number of rotatable bonds is 6. The molecule has 1 unspecified atom stereocenters. The van der Waals surface area contributed by atoms with Crippen molar-refractivity contribution in [2.45, 2.75) is 52.7 Å². The zero-order valence-electron chi connectivity index (χ0n) is 13.1. The fourth-order valence-electron chi connectivity index (χ4n) is 2.44. The third kappa shape index (κ3) is 3.61. The van der Waals surface area contributed by atoms with E-state index in [0.717, 1.165) is 11.0 Å². The number of imidazole rings is 1. The van der Waals surface area contributed by atoms with Crippen LogP contribution in [0, 0.1) is 13.8 Å². The van der Waals surface area contributed by atoms with Gasteiger partial charge < -0.3 is 15.0 Å². The van der Waals surface area contributed by atoms with Crippen molar-refractivity contribution < 1.29 is 9.90 Å². The van der Waals surface area contributed by atoms with Crippen molar-refractivity contribution in [3.05, 3.63) is 29.6 Å². The molecule has 0 bridgehead atoms.